The summed E-state index contributed by atoms with van der Waals surface area (Å²) in [6, 6.07) is 0. The minimum atomic E-state index is 0.184. The second kappa shape index (κ2) is 5.90. The zero-order chi connectivity index (χ0) is 11.4. The van der Waals surface area contributed by atoms with Gasteiger partial charge in [0.1, 0.15) is 0 Å². The number of carbonyl (C=O) groups excluding carboxylic acids is 1. The topological polar surface area (TPSA) is 20.3 Å². The summed E-state index contributed by atoms with van der Waals surface area (Å²) in [5.41, 5.74) is 0. The van der Waals surface area contributed by atoms with Gasteiger partial charge in [0.05, 0.1) is 5.38 Å². The number of alkyl halides is 1. The fourth-order valence-corrected chi connectivity index (χ4v) is 3.23. The van der Waals surface area contributed by atoms with Gasteiger partial charge < -0.3 is 4.90 Å². The predicted molar refractivity (Wildman–Crippen MR) is 66.6 cm³/mol. The molecule has 0 aromatic rings. The molecule has 0 aromatic heterocycles. The van der Waals surface area contributed by atoms with Crippen molar-refractivity contribution >= 4 is 17.5 Å². The molecule has 0 bridgehead atoms. The first-order valence-corrected chi connectivity index (χ1v) is 7.14. The number of amides is 1. The molecular formula is C13H22ClNO. The Kier molecular flexibility index (Phi) is 4.51. The van der Waals surface area contributed by atoms with Crippen molar-refractivity contribution in [1.29, 1.82) is 0 Å². The van der Waals surface area contributed by atoms with Crippen molar-refractivity contribution in [3.05, 3.63) is 0 Å². The van der Waals surface area contributed by atoms with Gasteiger partial charge in [-0.25, -0.2) is 0 Å². The largest absolute Gasteiger partial charge is 0.341 e. The number of nitrogens with zero attached hydrogens (tertiary/aromatic N) is 1. The maximum Gasteiger partial charge on any atom is 0.225 e. The first kappa shape index (κ1) is 12.2. The lowest BCUT2D eigenvalue weighted by atomic mass is 9.97. The van der Waals surface area contributed by atoms with Crippen LogP contribution in [0.25, 0.3) is 0 Å². The highest BCUT2D eigenvalue weighted by atomic mass is 35.5. The molecule has 1 aliphatic heterocycles. The van der Waals surface area contributed by atoms with Crippen LogP contribution in [0, 0.1) is 5.92 Å². The average Bonchev–Trinajstić information content (AvgIpc) is 2.56. The van der Waals surface area contributed by atoms with Crippen LogP contribution in [0.3, 0.4) is 0 Å². The van der Waals surface area contributed by atoms with Gasteiger partial charge >= 0.3 is 0 Å². The van der Waals surface area contributed by atoms with E-state index in [-0.39, 0.29) is 5.38 Å². The van der Waals surface area contributed by atoms with Crippen molar-refractivity contribution in [3.63, 3.8) is 0 Å². The summed E-state index contributed by atoms with van der Waals surface area (Å²) in [5.74, 6) is 0.678. The van der Waals surface area contributed by atoms with Crippen LogP contribution in [-0.4, -0.2) is 29.3 Å². The van der Waals surface area contributed by atoms with Crippen LogP contribution in [0.1, 0.15) is 51.4 Å². The lowest BCUT2D eigenvalue weighted by molar-refractivity contribution is -0.136. The smallest absolute Gasteiger partial charge is 0.225 e. The third-order valence-electron chi connectivity index (χ3n) is 3.88. The third-order valence-corrected chi connectivity index (χ3v) is 4.24. The molecule has 1 aliphatic carbocycles. The predicted octanol–water partition coefficient (Wildman–Crippen LogP) is 3.19. The van der Waals surface area contributed by atoms with Gasteiger partial charge in [0.2, 0.25) is 5.91 Å². The highest BCUT2D eigenvalue weighted by molar-refractivity contribution is 6.20. The summed E-state index contributed by atoms with van der Waals surface area (Å²) in [6.07, 6.45) is 9.42. The Hall–Kier alpha value is -0.240. The Bertz CT molecular complexity index is 232. The highest BCUT2D eigenvalue weighted by Gasteiger charge is 2.28. The average molecular weight is 244 g/mol. The van der Waals surface area contributed by atoms with E-state index in [1.54, 1.807) is 0 Å². The third kappa shape index (κ3) is 3.13. The minimum absolute atomic E-state index is 0.184. The van der Waals surface area contributed by atoms with Crippen molar-refractivity contribution in [2.24, 2.45) is 5.92 Å². The lowest BCUT2D eigenvalue weighted by Gasteiger charge is -2.32. The van der Waals surface area contributed by atoms with E-state index in [0.29, 0.717) is 11.8 Å². The van der Waals surface area contributed by atoms with Crippen LogP contribution in [0.4, 0.5) is 0 Å². The minimum Gasteiger partial charge on any atom is -0.341 e. The second-order valence-electron chi connectivity index (χ2n) is 5.21. The molecule has 1 saturated carbocycles. The molecule has 1 amide bonds. The zero-order valence-corrected chi connectivity index (χ0v) is 10.7. The number of likely N-dealkylation sites (tertiary alicyclic amines) is 1. The van der Waals surface area contributed by atoms with Crippen molar-refractivity contribution < 1.29 is 4.79 Å². The van der Waals surface area contributed by atoms with Gasteiger partial charge in [-0.05, 0) is 25.7 Å². The van der Waals surface area contributed by atoms with Gasteiger partial charge in [-0.15, -0.1) is 11.6 Å². The van der Waals surface area contributed by atoms with Gasteiger partial charge in [-0.2, -0.15) is 0 Å². The molecular weight excluding hydrogens is 222 g/mol. The van der Waals surface area contributed by atoms with E-state index < -0.39 is 0 Å². The van der Waals surface area contributed by atoms with Crippen LogP contribution in [0.15, 0.2) is 0 Å². The molecule has 0 radical (unpaired) electrons. The van der Waals surface area contributed by atoms with Crippen molar-refractivity contribution in [1.82, 2.24) is 4.90 Å². The van der Waals surface area contributed by atoms with E-state index in [9.17, 15) is 4.79 Å². The molecule has 16 heavy (non-hydrogen) atoms. The Morgan fingerprint density at radius 2 is 1.69 bits per heavy atom. The van der Waals surface area contributed by atoms with E-state index in [2.05, 4.69) is 0 Å². The summed E-state index contributed by atoms with van der Waals surface area (Å²) in [4.78, 5) is 14.3. The van der Waals surface area contributed by atoms with Crippen LogP contribution in [-0.2, 0) is 4.79 Å². The van der Waals surface area contributed by atoms with Gasteiger partial charge in [0.15, 0.2) is 0 Å². The summed E-state index contributed by atoms with van der Waals surface area (Å²) in [5, 5.41) is 0.184. The molecule has 2 rings (SSSR count). The van der Waals surface area contributed by atoms with E-state index in [1.807, 2.05) is 4.90 Å². The van der Waals surface area contributed by atoms with Gasteiger partial charge in [-0.1, -0.05) is 25.7 Å². The maximum absolute atomic E-state index is 12.3. The number of hydrogen-bond acceptors (Lipinski definition) is 1. The normalized spacial score (nSPS) is 28.8. The Balaban J connectivity index is 1.89. The molecule has 1 atom stereocenters. The maximum atomic E-state index is 12.3. The quantitative estimate of drug-likeness (QED) is 0.512. The van der Waals surface area contributed by atoms with Crippen molar-refractivity contribution in [2.75, 3.05) is 13.1 Å². The van der Waals surface area contributed by atoms with Gasteiger partial charge in [0.25, 0.3) is 0 Å². The first-order valence-electron chi connectivity index (χ1n) is 6.70. The number of piperidine rings is 1. The molecule has 0 aromatic carbocycles. The van der Waals surface area contributed by atoms with Gasteiger partial charge in [-0.3, -0.25) is 4.79 Å². The molecule has 2 nitrogen and oxygen atoms in total. The van der Waals surface area contributed by atoms with Crippen molar-refractivity contribution in [3.8, 4) is 0 Å². The fourth-order valence-electron chi connectivity index (χ4n) is 2.91. The first-order chi connectivity index (χ1) is 7.77. The summed E-state index contributed by atoms with van der Waals surface area (Å²) < 4.78 is 0. The molecule has 1 saturated heterocycles. The molecule has 3 heteroatoms. The molecule has 0 spiro atoms. The molecule has 0 N–H and O–H groups in total. The van der Waals surface area contributed by atoms with Crippen LogP contribution < -0.4 is 0 Å². The Labute approximate surface area is 103 Å². The summed E-state index contributed by atoms with van der Waals surface area (Å²) in [6.45, 7) is 1.70. The highest BCUT2D eigenvalue weighted by Crippen LogP contribution is 2.26. The standard InChI is InChI=1S/C13H22ClNO/c14-12-8-5-9-15(10-12)13(16)11-6-3-1-2-4-7-11/h11-12H,1-10H2. The zero-order valence-electron chi connectivity index (χ0n) is 9.96. The lowest BCUT2D eigenvalue weighted by Crippen LogP contribution is -2.43. The van der Waals surface area contributed by atoms with Crippen LogP contribution in [0.5, 0.6) is 0 Å². The SMILES string of the molecule is O=C(C1CCCCCC1)N1CCCC(Cl)C1. The summed E-state index contributed by atoms with van der Waals surface area (Å²) >= 11 is 6.13. The molecule has 2 aliphatic rings. The van der Waals surface area contributed by atoms with Gasteiger partial charge in [0, 0.05) is 19.0 Å². The molecule has 2 fully saturated rings. The Morgan fingerprint density at radius 1 is 1.00 bits per heavy atom. The molecule has 1 heterocycles. The molecule has 92 valence electrons. The monoisotopic (exact) mass is 243 g/mol. The second-order valence-corrected chi connectivity index (χ2v) is 5.83. The van der Waals surface area contributed by atoms with E-state index >= 15 is 0 Å². The fraction of sp³-hybridized carbons (Fsp3) is 0.923. The van der Waals surface area contributed by atoms with Crippen LogP contribution in [0.2, 0.25) is 0 Å². The number of carbonyl (C=O) groups is 1. The van der Waals surface area contributed by atoms with Crippen molar-refractivity contribution in [2.45, 2.75) is 56.7 Å². The number of hydrogen-bond donors (Lipinski definition) is 0. The summed E-state index contributed by atoms with van der Waals surface area (Å²) in [7, 11) is 0. The number of rotatable bonds is 1. The Morgan fingerprint density at radius 3 is 2.31 bits per heavy atom. The molecule has 1 unspecified atom stereocenters. The van der Waals surface area contributed by atoms with E-state index in [4.69, 9.17) is 11.6 Å². The van der Waals surface area contributed by atoms with E-state index in [0.717, 1.165) is 38.8 Å². The number of halogens is 1. The van der Waals surface area contributed by atoms with Crippen LogP contribution >= 0.6 is 11.6 Å². The van der Waals surface area contributed by atoms with E-state index in [1.165, 1.54) is 25.7 Å².